The normalized spacial score (nSPS) is 11.3. The highest BCUT2D eigenvalue weighted by Crippen LogP contribution is 2.19. The third kappa shape index (κ3) is 3.07. The second-order valence-corrected chi connectivity index (χ2v) is 5.42. The number of hydrogen-bond donors (Lipinski definition) is 2. The van der Waals surface area contributed by atoms with E-state index in [2.05, 4.69) is 9.71 Å². The average Bonchev–Trinajstić information content (AvgIpc) is 2.38. The molecule has 0 aliphatic carbocycles. The van der Waals surface area contributed by atoms with Crippen molar-refractivity contribution in [1.29, 1.82) is 0 Å². The van der Waals surface area contributed by atoms with Crippen molar-refractivity contribution in [2.45, 2.75) is 11.5 Å². The van der Waals surface area contributed by atoms with Crippen molar-refractivity contribution >= 4 is 15.7 Å². The molecule has 2 aromatic rings. The SMILES string of the molecule is O=S(=O)(Nc1ccncc1)c1ccc(CO)cc1F. The number of aromatic nitrogens is 1. The molecule has 0 amide bonds. The summed E-state index contributed by atoms with van der Waals surface area (Å²) in [4.78, 5) is 3.28. The summed E-state index contributed by atoms with van der Waals surface area (Å²) in [7, 11) is -4.00. The van der Waals surface area contributed by atoms with E-state index in [1.807, 2.05) is 0 Å². The quantitative estimate of drug-likeness (QED) is 0.891. The van der Waals surface area contributed by atoms with Gasteiger partial charge in [-0.3, -0.25) is 9.71 Å². The molecule has 100 valence electrons. The van der Waals surface area contributed by atoms with E-state index in [9.17, 15) is 12.8 Å². The molecular formula is C12H11FN2O3S. The first-order valence-corrected chi connectivity index (χ1v) is 6.83. The largest absolute Gasteiger partial charge is 0.392 e. The Morgan fingerprint density at radius 1 is 1.21 bits per heavy atom. The van der Waals surface area contributed by atoms with Gasteiger partial charge < -0.3 is 5.11 Å². The van der Waals surface area contributed by atoms with Crippen molar-refractivity contribution in [1.82, 2.24) is 4.98 Å². The number of hydrogen-bond acceptors (Lipinski definition) is 4. The molecule has 0 saturated heterocycles. The van der Waals surface area contributed by atoms with Gasteiger partial charge in [0.25, 0.3) is 10.0 Å². The maximum absolute atomic E-state index is 13.7. The van der Waals surface area contributed by atoms with E-state index in [-0.39, 0.29) is 6.61 Å². The van der Waals surface area contributed by atoms with Crippen LogP contribution >= 0.6 is 0 Å². The molecule has 0 saturated carbocycles. The fourth-order valence-corrected chi connectivity index (χ4v) is 2.61. The first kappa shape index (κ1) is 13.4. The highest BCUT2D eigenvalue weighted by Gasteiger charge is 2.19. The number of nitrogens with one attached hydrogen (secondary N) is 1. The molecule has 19 heavy (non-hydrogen) atoms. The summed E-state index contributed by atoms with van der Waals surface area (Å²) in [5.41, 5.74) is 0.598. The summed E-state index contributed by atoms with van der Waals surface area (Å²) in [6.45, 7) is -0.352. The van der Waals surface area contributed by atoms with Crippen molar-refractivity contribution in [2.24, 2.45) is 0 Å². The number of rotatable bonds is 4. The predicted octanol–water partition coefficient (Wildman–Crippen LogP) is 1.51. The van der Waals surface area contributed by atoms with Gasteiger partial charge in [-0.15, -0.1) is 0 Å². The Morgan fingerprint density at radius 3 is 2.47 bits per heavy atom. The number of aliphatic hydroxyl groups excluding tert-OH is 1. The molecule has 0 fully saturated rings. The molecule has 1 heterocycles. The zero-order chi connectivity index (χ0) is 13.9. The molecule has 5 nitrogen and oxygen atoms in total. The smallest absolute Gasteiger partial charge is 0.264 e. The van der Waals surface area contributed by atoms with Crippen molar-refractivity contribution in [3.05, 3.63) is 54.1 Å². The van der Waals surface area contributed by atoms with E-state index >= 15 is 0 Å². The number of aliphatic hydroxyl groups is 1. The minimum absolute atomic E-state index is 0.292. The van der Waals surface area contributed by atoms with E-state index in [4.69, 9.17) is 5.11 Å². The molecule has 0 aliphatic heterocycles. The van der Waals surface area contributed by atoms with Crippen molar-refractivity contribution in [2.75, 3.05) is 4.72 Å². The predicted molar refractivity (Wildman–Crippen MR) is 67.4 cm³/mol. The Labute approximate surface area is 109 Å². The molecule has 2 rings (SSSR count). The third-order valence-corrected chi connectivity index (χ3v) is 3.82. The van der Waals surface area contributed by atoms with E-state index in [1.165, 1.54) is 30.6 Å². The molecule has 0 unspecified atom stereocenters. The van der Waals surface area contributed by atoms with Crippen LogP contribution in [0, 0.1) is 5.82 Å². The second kappa shape index (κ2) is 5.33. The maximum atomic E-state index is 13.7. The number of halogens is 1. The lowest BCUT2D eigenvalue weighted by Gasteiger charge is -2.09. The van der Waals surface area contributed by atoms with Gasteiger partial charge in [-0.25, -0.2) is 12.8 Å². The Hall–Kier alpha value is -1.99. The number of nitrogens with zero attached hydrogens (tertiary/aromatic N) is 1. The minimum Gasteiger partial charge on any atom is -0.392 e. The molecular weight excluding hydrogens is 271 g/mol. The molecule has 0 bridgehead atoms. The first-order valence-electron chi connectivity index (χ1n) is 5.35. The zero-order valence-corrected chi connectivity index (χ0v) is 10.6. The third-order valence-electron chi connectivity index (χ3n) is 2.40. The van der Waals surface area contributed by atoms with Crippen LogP contribution in [0.3, 0.4) is 0 Å². The molecule has 2 N–H and O–H groups in total. The lowest BCUT2D eigenvalue weighted by atomic mass is 10.2. The van der Waals surface area contributed by atoms with Crippen LogP contribution in [0.4, 0.5) is 10.1 Å². The Balaban J connectivity index is 2.35. The van der Waals surface area contributed by atoms with Crippen LogP contribution in [-0.4, -0.2) is 18.5 Å². The van der Waals surface area contributed by atoms with Crippen LogP contribution in [0.25, 0.3) is 0 Å². The van der Waals surface area contributed by atoms with Gasteiger partial charge in [0.05, 0.1) is 12.3 Å². The van der Waals surface area contributed by atoms with Crippen LogP contribution in [0.5, 0.6) is 0 Å². The van der Waals surface area contributed by atoms with Crippen LogP contribution in [0.15, 0.2) is 47.6 Å². The Kier molecular flexibility index (Phi) is 3.77. The van der Waals surface area contributed by atoms with E-state index < -0.39 is 20.7 Å². The molecule has 7 heteroatoms. The van der Waals surface area contributed by atoms with Gasteiger partial charge in [0.2, 0.25) is 0 Å². The van der Waals surface area contributed by atoms with E-state index in [1.54, 1.807) is 0 Å². The molecule has 0 spiro atoms. The molecule has 0 atom stereocenters. The van der Waals surface area contributed by atoms with Gasteiger partial charge >= 0.3 is 0 Å². The molecule has 0 aliphatic rings. The Bertz CT molecular complexity index is 675. The van der Waals surface area contributed by atoms with E-state index in [0.717, 1.165) is 12.1 Å². The number of sulfonamides is 1. The van der Waals surface area contributed by atoms with Gasteiger partial charge in [-0.05, 0) is 29.8 Å². The lowest BCUT2D eigenvalue weighted by molar-refractivity contribution is 0.281. The molecule has 0 radical (unpaired) electrons. The van der Waals surface area contributed by atoms with E-state index in [0.29, 0.717) is 11.3 Å². The van der Waals surface area contributed by atoms with Crippen LogP contribution in [-0.2, 0) is 16.6 Å². The number of anilines is 1. The Morgan fingerprint density at radius 2 is 1.89 bits per heavy atom. The van der Waals surface area contributed by atoms with Crippen molar-refractivity contribution < 1.29 is 17.9 Å². The summed E-state index contributed by atoms with van der Waals surface area (Å²) < 4.78 is 39.9. The minimum atomic E-state index is -4.00. The molecule has 1 aromatic carbocycles. The highest BCUT2D eigenvalue weighted by atomic mass is 32.2. The van der Waals surface area contributed by atoms with Crippen LogP contribution < -0.4 is 4.72 Å². The van der Waals surface area contributed by atoms with Gasteiger partial charge in [0.1, 0.15) is 10.7 Å². The maximum Gasteiger partial charge on any atom is 0.264 e. The fourth-order valence-electron chi connectivity index (χ4n) is 1.49. The van der Waals surface area contributed by atoms with Gasteiger partial charge in [0, 0.05) is 12.4 Å². The highest BCUT2D eigenvalue weighted by molar-refractivity contribution is 7.92. The van der Waals surface area contributed by atoms with Gasteiger partial charge in [-0.2, -0.15) is 0 Å². The van der Waals surface area contributed by atoms with Crippen LogP contribution in [0.1, 0.15) is 5.56 Å². The zero-order valence-electron chi connectivity index (χ0n) is 9.75. The monoisotopic (exact) mass is 282 g/mol. The lowest BCUT2D eigenvalue weighted by Crippen LogP contribution is -2.14. The van der Waals surface area contributed by atoms with Gasteiger partial charge in [0.15, 0.2) is 0 Å². The summed E-state index contributed by atoms with van der Waals surface area (Å²) in [5, 5.41) is 8.85. The number of pyridine rings is 1. The fraction of sp³-hybridized carbons (Fsp3) is 0.0833. The van der Waals surface area contributed by atoms with Gasteiger partial charge in [-0.1, -0.05) is 6.07 Å². The average molecular weight is 282 g/mol. The second-order valence-electron chi connectivity index (χ2n) is 3.76. The van der Waals surface area contributed by atoms with Crippen LogP contribution in [0.2, 0.25) is 0 Å². The topological polar surface area (TPSA) is 79.3 Å². The summed E-state index contributed by atoms with van der Waals surface area (Å²) >= 11 is 0. The summed E-state index contributed by atoms with van der Waals surface area (Å²) in [6.07, 6.45) is 2.84. The summed E-state index contributed by atoms with van der Waals surface area (Å²) in [5.74, 6) is -0.909. The molecule has 1 aromatic heterocycles. The standard InChI is InChI=1S/C12H11FN2O3S/c13-11-7-9(8-16)1-2-12(11)19(17,18)15-10-3-5-14-6-4-10/h1-7,16H,8H2,(H,14,15). The first-order chi connectivity index (χ1) is 9.03. The number of benzene rings is 1. The van der Waals surface area contributed by atoms with Crippen molar-refractivity contribution in [3.63, 3.8) is 0 Å². The van der Waals surface area contributed by atoms with Crippen molar-refractivity contribution in [3.8, 4) is 0 Å². The summed E-state index contributed by atoms with van der Waals surface area (Å²) in [6, 6.07) is 6.37.